The summed E-state index contributed by atoms with van der Waals surface area (Å²) in [4.78, 5) is 0. The summed E-state index contributed by atoms with van der Waals surface area (Å²) in [5.41, 5.74) is 8.80. The molecule has 4 aromatic carbocycles. The Morgan fingerprint density at radius 3 is 2.00 bits per heavy atom. The summed E-state index contributed by atoms with van der Waals surface area (Å²) in [7, 11) is 0. The predicted molar refractivity (Wildman–Crippen MR) is 141 cm³/mol. The normalized spacial score (nSPS) is 11.2. The van der Waals surface area contributed by atoms with E-state index < -0.39 is 0 Å². The fourth-order valence-corrected chi connectivity index (χ4v) is 4.08. The molecule has 0 unspecified atom stereocenters. The second-order valence-corrected chi connectivity index (χ2v) is 8.01. The van der Waals surface area contributed by atoms with Gasteiger partial charge in [0.15, 0.2) is 0 Å². The molecule has 0 bridgehead atoms. The summed E-state index contributed by atoms with van der Waals surface area (Å²) in [6.45, 7) is 5.84. The lowest BCUT2D eigenvalue weighted by Gasteiger charge is -2.09. The van der Waals surface area contributed by atoms with Crippen LogP contribution in [-0.2, 0) is 0 Å². The molecular formula is C31H25NO. The van der Waals surface area contributed by atoms with Crippen molar-refractivity contribution >= 4 is 28.4 Å². The molecular weight excluding hydrogens is 402 g/mol. The number of allylic oxidation sites excluding steroid dienone is 2. The van der Waals surface area contributed by atoms with Gasteiger partial charge in [0, 0.05) is 27.9 Å². The van der Waals surface area contributed by atoms with Crippen LogP contribution < -0.4 is 5.32 Å². The van der Waals surface area contributed by atoms with Crippen LogP contribution in [0.15, 0.2) is 120 Å². The van der Waals surface area contributed by atoms with Gasteiger partial charge in [-0.05, 0) is 54.0 Å². The van der Waals surface area contributed by atoms with Gasteiger partial charge in [-0.25, -0.2) is 0 Å². The van der Waals surface area contributed by atoms with Crippen molar-refractivity contribution in [2.75, 3.05) is 5.32 Å². The molecule has 0 aliphatic heterocycles. The van der Waals surface area contributed by atoms with E-state index in [9.17, 15) is 0 Å². The molecule has 1 aromatic heterocycles. The van der Waals surface area contributed by atoms with Crippen LogP contribution in [0.3, 0.4) is 0 Å². The third-order valence-corrected chi connectivity index (χ3v) is 5.86. The minimum absolute atomic E-state index is 0.870. The number of benzene rings is 4. The van der Waals surface area contributed by atoms with Gasteiger partial charge in [0.25, 0.3) is 0 Å². The van der Waals surface area contributed by atoms with Gasteiger partial charge in [-0.15, -0.1) is 0 Å². The topological polar surface area (TPSA) is 25.2 Å². The van der Waals surface area contributed by atoms with Crippen molar-refractivity contribution < 1.29 is 4.42 Å². The van der Waals surface area contributed by atoms with Crippen LogP contribution >= 0.6 is 0 Å². The minimum Gasteiger partial charge on any atom is -0.456 e. The second kappa shape index (κ2) is 9.05. The summed E-state index contributed by atoms with van der Waals surface area (Å²) in [6, 6.07) is 33.7. The van der Waals surface area contributed by atoms with Crippen LogP contribution in [0.1, 0.15) is 11.3 Å². The lowest BCUT2D eigenvalue weighted by molar-refractivity contribution is 0.602. The Morgan fingerprint density at radius 1 is 0.697 bits per heavy atom. The standard InChI is InChI=1S/C31H25NO/c1-3-4-13-30-22(2)28-11-8-12-29(31(28)33-30)25-16-20-27(21-17-25)32-26-18-14-24(15-19-26)23-9-6-5-7-10-23/h3-21,32H,1H2,2H3/b13-4-. The summed E-state index contributed by atoms with van der Waals surface area (Å²) >= 11 is 0. The number of para-hydroxylation sites is 1. The molecule has 160 valence electrons. The SMILES string of the molecule is C=C/C=C\c1oc2c(-c3ccc(Nc4ccc(-c5ccccc5)cc4)cc3)cccc2c1C. The maximum atomic E-state index is 6.21. The van der Waals surface area contributed by atoms with Gasteiger partial charge < -0.3 is 9.73 Å². The molecule has 0 aliphatic carbocycles. The molecule has 0 saturated heterocycles. The third-order valence-electron chi connectivity index (χ3n) is 5.86. The van der Waals surface area contributed by atoms with Gasteiger partial charge in [-0.1, -0.05) is 91.5 Å². The quantitative estimate of drug-likeness (QED) is 0.273. The van der Waals surface area contributed by atoms with Crippen molar-refractivity contribution in [1.29, 1.82) is 0 Å². The van der Waals surface area contributed by atoms with Crippen molar-refractivity contribution in [3.8, 4) is 22.3 Å². The first-order chi connectivity index (χ1) is 16.2. The summed E-state index contributed by atoms with van der Waals surface area (Å²) < 4.78 is 6.21. The third kappa shape index (κ3) is 4.24. The van der Waals surface area contributed by atoms with E-state index >= 15 is 0 Å². The average molecular weight is 428 g/mol. The molecule has 0 spiro atoms. The van der Waals surface area contributed by atoms with Gasteiger partial charge in [0.1, 0.15) is 11.3 Å². The Hall–Kier alpha value is -4.30. The molecule has 0 atom stereocenters. The summed E-state index contributed by atoms with van der Waals surface area (Å²) in [5.74, 6) is 0.870. The molecule has 0 fully saturated rings. The number of hydrogen-bond acceptors (Lipinski definition) is 2. The zero-order valence-electron chi connectivity index (χ0n) is 18.6. The lowest BCUT2D eigenvalue weighted by atomic mass is 10.0. The average Bonchev–Trinajstić information content (AvgIpc) is 3.20. The molecule has 0 amide bonds. The Kier molecular flexibility index (Phi) is 5.65. The number of nitrogens with one attached hydrogen (secondary N) is 1. The van der Waals surface area contributed by atoms with E-state index in [-0.39, 0.29) is 0 Å². The maximum Gasteiger partial charge on any atom is 0.142 e. The lowest BCUT2D eigenvalue weighted by Crippen LogP contribution is -1.90. The Bertz CT molecular complexity index is 1420. The predicted octanol–water partition coefficient (Wildman–Crippen LogP) is 9.02. The maximum absolute atomic E-state index is 6.21. The van der Waals surface area contributed by atoms with Gasteiger partial charge in [-0.2, -0.15) is 0 Å². The molecule has 33 heavy (non-hydrogen) atoms. The van der Waals surface area contributed by atoms with E-state index in [1.165, 1.54) is 11.1 Å². The van der Waals surface area contributed by atoms with E-state index in [0.29, 0.717) is 0 Å². The first-order valence-electron chi connectivity index (χ1n) is 11.1. The first-order valence-corrected chi connectivity index (χ1v) is 11.1. The molecule has 2 heteroatoms. The van der Waals surface area contributed by atoms with Crippen LogP contribution in [0.5, 0.6) is 0 Å². The van der Waals surface area contributed by atoms with Crippen LogP contribution in [0.2, 0.25) is 0 Å². The van der Waals surface area contributed by atoms with Gasteiger partial charge in [0.05, 0.1) is 0 Å². The molecule has 2 nitrogen and oxygen atoms in total. The van der Waals surface area contributed by atoms with Crippen LogP contribution in [0.25, 0.3) is 39.3 Å². The van der Waals surface area contributed by atoms with E-state index in [4.69, 9.17) is 4.42 Å². The van der Waals surface area contributed by atoms with Crippen molar-refractivity contribution in [2.24, 2.45) is 0 Å². The smallest absolute Gasteiger partial charge is 0.142 e. The molecule has 1 heterocycles. The van der Waals surface area contributed by atoms with Crippen molar-refractivity contribution in [3.63, 3.8) is 0 Å². The highest BCUT2D eigenvalue weighted by molar-refractivity contribution is 5.96. The van der Waals surface area contributed by atoms with Crippen molar-refractivity contribution in [2.45, 2.75) is 6.92 Å². The molecule has 0 aliphatic rings. The molecule has 0 radical (unpaired) electrons. The molecule has 0 saturated carbocycles. The Balaban J connectivity index is 1.38. The highest BCUT2D eigenvalue weighted by Crippen LogP contribution is 2.35. The minimum atomic E-state index is 0.870. The van der Waals surface area contributed by atoms with Gasteiger partial charge in [-0.3, -0.25) is 0 Å². The Labute approximate surface area is 194 Å². The number of hydrogen-bond donors (Lipinski definition) is 1. The second-order valence-electron chi connectivity index (χ2n) is 8.01. The largest absolute Gasteiger partial charge is 0.456 e. The first kappa shape index (κ1) is 20.6. The zero-order chi connectivity index (χ0) is 22.6. The number of aryl methyl sites for hydroxylation is 1. The molecule has 5 aromatic rings. The summed E-state index contributed by atoms with van der Waals surface area (Å²) in [5, 5.41) is 4.63. The number of rotatable bonds is 6. The highest BCUT2D eigenvalue weighted by atomic mass is 16.3. The molecule has 5 rings (SSSR count). The van der Waals surface area contributed by atoms with E-state index in [0.717, 1.165) is 44.8 Å². The van der Waals surface area contributed by atoms with Crippen LogP contribution in [0, 0.1) is 6.92 Å². The number of furan rings is 1. The van der Waals surface area contributed by atoms with E-state index in [2.05, 4.69) is 110 Å². The highest BCUT2D eigenvalue weighted by Gasteiger charge is 2.13. The van der Waals surface area contributed by atoms with Crippen LogP contribution in [-0.4, -0.2) is 0 Å². The van der Waals surface area contributed by atoms with E-state index in [1.807, 2.05) is 18.2 Å². The number of anilines is 2. The van der Waals surface area contributed by atoms with Gasteiger partial charge in [0.2, 0.25) is 0 Å². The Morgan fingerprint density at radius 2 is 1.33 bits per heavy atom. The number of fused-ring (bicyclic) bond motifs is 1. The zero-order valence-corrected chi connectivity index (χ0v) is 18.6. The summed E-state index contributed by atoms with van der Waals surface area (Å²) in [6.07, 6.45) is 5.62. The monoisotopic (exact) mass is 427 g/mol. The van der Waals surface area contributed by atoms with Gasteiger partial charge >= 0.3 is 0 Å². The van der Waals surface area contributed by atoms with Crippen molar-refractivity contribution in [3.05, 3.63) is 127 Å². The fourth-order valence-electron chi connectivity index (χ4n) is 4.08. The molecule has 1 N–H and O–H groups in total. The van der Waals surface area contributed by atoms with Crippen molar-refractivity contribution in [1.82, 2.24) is 0 Å². The fraction of sp³-hybridized carbons (Fsp3) is 0.0323. The van der Waals surface area contributed by atoms with E-state index in [1.54, 1.807) is 6.08 Å². The van der Waals surface area contributed by atoms with Crippen LogP contribution in [0.4, 0.5) is 11.4 Å².